The Labute approximate surface area is 206 Å². The molecule has 1 fully saturated rings. The minimum Gasteiger partial charge on any atom is -0.378 e. The lowest BCUT2D eigenvalue weighted by molar-refractivity contribution is -0.138. The number of aryl methyl sites for hydroxylation is 2. The molecule has 10 heteroatoms. The third kappa shape index (κ3) is 5.23. The number of hydrogen-bond donors (Lipinski definition) is 2. The van der Waals surface area contributed by atoms with Crippen LogP contribution in [0.25, 0.3) is 10.9 Å². The van der Waals surface area contributed by atoms with Gasteiger partial charge in [-0.05, 0) is 76.1 Å². The second-order valence-corrected chi connectivity index (χ2v) is 9.47. The standard InChI is InChI=1S/C26H29F3N4O3/c1-13-8-18(25(35)33-11-14(2)36-15(3)12-33)6-7-22(13)30-16(4)19-9-20-23(10-21(19)26(27,28)29)31-17(5)32-24(20)34/h6-10,14-16,30H,11-12H2,1-5H3,(H,31,32,34)/t14-,15+,16-/m1/s1. The van der Waals surface area contributed by atoms with Gasteiger partial charge in [0.25, 0.3) is 11.5 Å². The number of alkyl halides is 3. The van der Waals surface area contributed by atoms with E-state index in [1.54, 1.807) is 36.9 Å². The van der Waals surface area contributed by atoms with E-state index in [2.05, 4.69) is 15.3 Å². The third-order valence-electron chi connectivity index (χ3n) is 6.32. The maximum Gasteiger partial charge on any atom is 0.416 e. The van der Waals surface area contributed by atoms with Crippen LogP contribution in [0.3, 0.4) is 0 Å². The van der Waals surface area contributed by atoms with E-state index < -0.39 is 23.3 Å². The Morgan fingerprint density at radius 2 is 1.83 bits per heavy atom. The lowest BCUT2D eigenvalue weighted by Gasteiger charge is -2.35. The van der Waals surface area contributed by atoms with Gasteiger partial charge in [-0.15, -0.1) is 0 Å². The number of carbonyl (C=O) groups excluding carboxylic acids is 1. The van der Waals surface area contributed by atoms with Crippen molar-refractivity contribution in [2.24, 2.45) is 0 Å². The van der Waals surface area contributed by atoms with Gasteiger partial charge in [-0.3, -0.25) is 9.59 Å². The largest absolute Gasteiger partial charge is 0.416 e. The minimum absolute atomic E-state index is 0.00896. The number of halogens is 3. The molecule has 1 saturated heterocycles. The predicted octanol–water partition coefficient (Wildman–Crippen LogP) is 4.98. The molecule has 0 saturated carbocycles. The van der Waals surface area contributed by atoms with Crippen LogP contribution in [0.4, 0.5) is 18.9 Å². The summed E-state index contributed by atoms with van der Waals surface area (Å²) in [6.07, 6.45) is -4.75. The molecular weight excluding hydrogens is 473 g/mol. The molecule has 2 N–H and O–H groups in total. The Balaban J connectivity index is 1.63. The fraction of sp³-hybridized carbons (Fsp3) is 0.423. The third-order valence-corrected chi connectivity index (χ3v) is 6.32. The molecule has 2 heterocycles. The van der Waals surface area contributed by atoms with Gasteiger partial charge in [0.2, 0.25) is 0 Å². The smallest absolute Gasteiger partial charge is 0.378 e. The molecule has 3 atom stereocenters. The average molecular weight is 503 g/mol. The van der Waals surface area contributed by atoms with Crippen molar-refractivity contribution in [3.63, 3.8) is 0 Å². The molecule has 7 nitrogen and oxygen atoms in total. The van der Waals surface area contributed by atoms with E-state index in [9.17, 15) is 22.8 Å². The Kier molecular flexibility index (Phi) is 6.83. The SMILES string of the molecule is Cc1nc2cc(C(F)(F)F)c([C@@H](C)Nc3ccc(C(=O)N4C[C@@H](C)O[C@@H](C)C4)cc3C)cc2c(=O)[nH]1. The number of aromatic nitrogens is 2. The number of hydrogen-bond acceptors (Lipinski definition) is 5. The molecule has 1 aromatic heterocycles. The lowest BCUT2D eigenvalue weighted by Crippen LogP contribution is -2.48. The first-order valence-electron chi connectivity index (χ1n) is 11.8. The molecule has 36 heavy (non-hydrogen) atoms. The highest BCUT2D eigenvalue weighted by atomic mass is 19.4. The van der Waals surface area contributed by atoms with Crippen LogP contribution in [0.15, 0.2) is 35.1 Å². The molecule has 0 aliphatic carbocycles. The van der Waals surface area contributed by atoms with E-state index in [0.29, 0.717) is 29.9 Å². The van der Waals surface area contributed by atoms with Gasteiger partial charge in [-0.2, -0.15) is 13.2 Å². The Bertz CT molecular complexity index is 1360. The molecule has 0 unspecified atom stereocenters. The molecule has 192 valence electrons. The molecule has 1 aliphatic rings. The zero-order valence-electron chi connectivity index (χ0n) is 20.8. The number of nitrogens with zero attached hydrogens (tertiary/aromatic N) is 2. The first kappa shape index (κ1) is 25.7. The molecule has 1 amide bonds. The van der Waals surface area contributed by atoms with Gasteiger partial charge in [0, 0.05) is 30.4 Å². The maximum atomic E-state index is 13.9. The van der Waals surface area contributed by atoms with Crippen molar-refractivity contribution in [3.05, 3.63) is 68.8 Å². The van der Waals surface area contributed by atoms with Crippen molar-refractivity contribution in [1.82, 2.24) is 14.9 Å². The summed E-state index contributed by atoms with van der Waals surface area (Å²) in [5.41, 5.74) is 0.380. The summed E-state index contributed by atoms with van der Waals surface area (Å²) < 4.78 is 47.5. The molecule has 3 aromatic rings. The number of amides is 1. The molecule has 0 spiro atoms. The van der Waals surface area contributed by atoms with Crippen LogP contribution in [0, 0.1) is 13.8 Å². The number of H-pyrrole nitrogens is 1. The maximum absolute atomic E-state index is 13.9. The number of anilines is 1. The van der Waals surface area contributed by atoms with Gasteiger partial charge in [0.05, 0.1) is 28.7 Å². The van der Waals surface area contributed by atoms with Crippen molar-refractivity contribution in [1.29, 1.82) is 0 Å². The number of nitrogens with one attached hydrogen (secondary N) is 2. The summed E-state index contributed by atoms with van der Waals surface area (Å²) in [5, 5.41) is 3.20. The topological polar surface area (TPSA) is 87.3 Å². The Hall–Kier alpha value is -3.40. The summed E-state index contributed by atoms with van der Waals surface area (Å²) in [7, 11) is 0. The van der Waals surface area contributed by atoms with E-state index in [-0.39, 0.29) is 40.4 Å². The number of ether oxygens (including phenoxy) is 1. The van der Waals surface area contributed by atoms with Crippen LogP contribution in [0.2, 0.25) is 0 Å². The Morgan fingerprint density at radius 3 is 2.44 bits per heavy atom. The van der Waals surface area contributed by atoms with Gasteiger partial charge >= 0.3 is 6.18 Å². The quantitative estimate of drug-likeness (QED) is 0.526. The zero-order chi connectivity index (χ0) is 26.4. The minimum atomic E-state index is -4.63. The van der Waals surface area contributed by atoms with E-state index in [1.807, 2.05) is 13.8 Å². The highest BCUT2D eigenvalue weighted by Crippen LogP contribution is 2.37. The van der Waals surface area contributed by atoms with E-state index in [4.69, 9.17) is 4.74 Å². The van der Waals surface area contributed by atoms with E-state index in [1.165, 1.54) is 13.0 Å². The molecule has 0 radical (unpaired) electrons. The number of benzene rings is 2. The molecule has 0 bridgehead atoms. The van der Waals surface area contributed by atoms with E-state index in [0.717, 1.165) is 6.07 Å². The number of fused-ring (bicyclic) bond motifs is 1. The summed E-state index contributed by atoms with van der Waals surface area (Å²) in [6.45, 7) is 9.74. The van der Waals surface area contributed by atoms with Crippen molar-refractivity contribution in [2.75, 3.05) is 18.4 Å². The number of rotatable bonds is 4. The second kappa shape index (κ2) is 9.57. The number of morpholine rings is 1. The Morgan fingerprint density at radius 1 is 1.17 bits per heavy atom. The fourth-order valence-corrected chi connectivity index (χ4v) is 4.72. The van der Waals surface area contributed by atoms with Crippen molar-refractivity contribution in [2.45, 2.75) is 59.0 Å². The molecule has 4 rings (SSSR count). The lowest BCUT2D eigenvalue weighted by atomic mass is 9.97. The summed E-state index contributed by atoms with van der Waals surface area (Å²) in [4.78, 5) is 33.7. The summed E-state index contributed by atoms with van der Waals surface area (Å²) >= 11 is 0. The molecular formula is C26H29F3N4O3. The van der Waals surface area contributed by atoms with E-state index >= 15 is 0 Å². The molecule has 1 aliphatic heterocycles. The number of carbonyl (C=O) groups is 1. The first-order valence-corrected chi connectivity index (χ1v) is 11.8. The van der Waals surface area contributed by atoms with Gasteiger partial charge in [-0.1, -0.05) is 0 Å². The average Bonchev–Trinajstić information content (AvgIpc) is 2.77. The van der Waals surface area contributed by atoms with Gasteiger partial charge < -0.3 is 19.9 Å². The second-order valence-electron chi connectivity index (χ2n) is 9.47. The van der Waals surface area contributed by atoms with Crippen molar-refractivity contribution >= 4 is 22.5 Å². The fourth-order valence-electron chi connectivity index (χ4n) is 4.72. The van der Waals surface area contributed by atoms with Crippen LogP contribution in [-0.2, 0) is 10.9 Å². The summed E-state index contributed by atoms with van der Waals surface area (Å²) in [6, 6.07) is 6.47. The van der Waals surface area contributed by atoms with Crippen LogP contribution >= 0.6 is 0 Å². The number of aromatic amines is 1. The van der Waals surface area contributed by atoms with Gasteiger partial charge in [0.1, 0.15) is 5.82 Å². The summed E-state index contributed by atoms with van der Waals surface area (Å²) in [5.74, 6) is 0.126. The van der Waals surface area contributed by atoms with Crippen LogP contribution < -0.4 is 10.9 Å². The van der Waals surface area contributed by atoms with Gasteiger partial charge in [0.15, 0.2) is 0 Å². The monoisotopic (exact) mass is 502 g/mol. The zero-order valence-corrected chi connectivity index (χ0v) is 20.8. The van der Waals surface area contributed by atoms with Crippen LogP contribution in [-0.4, -0.2) is 46.1 Å². The van der Waals surface area contributed by atoms with Crippen LogP contribution in [0.1, 0.15) is 59.7 Å². The van der Waals surface area contributed by atoms with Crippen LogP contribution in [0.5, 0.6) is 0 Å². The van der Waals surface area contributed by atoms with Crippen molar-refractivity contribution < 1.29 is 22.7 Å². The molecule has 2 aromatic carbocycles. The normalized spacial score (nSPS) is 19.4. The van der Waals surface area contributed by atoms with Crippen molar-refractivity contribution in [3.8, 4) is 0 Å². The van der Waals surface area contributed by atoms with Gasteiger partial charge in [-0.25, -0.2) is 4.98 Å². The first-order chi connectivity index (χ1) is 16.8. The highest BCUT2D eigenvalue weighted by Gasteiger charge is 2.35. The highest BCUT2D eigenvalue weighted by molar-refractivity contribution is 5.95. The predicted molar refractivity (Wildman–Crippen MR) is 131 cm³/mol.